The molecular weight excluding hydrogens is 246 g/mol. The van der Waals surface area contributed by atoms with Crippen molar-refractivity contribution in [1.82, 2.24) is 5.32 Å². The van der Waals surface area contributed by atoms with Crippen LogP contribution in [0.1, 0.15) is 71.1 Å². The van der Waals surface area contributed by atoms with Gasteiger partial charge in [-0.05, 0) is 63.3 Å². The summed E-state index contributed by atoms with van der Waals surface area (Å²) in [6.07, 6.45) is 13.8. The van der Waals surface area contributed by atoms with Crippen LogP contribution in [-0.2, 0) is 4.74 Å². The molecule has 0 radical (unpaired) electrons. The van der Waals surface area contributed by atoms with Gasteiger partial charge in [-0.15, -0.1) is 0 Å². The van der Waals surface area contributed by atoms with Gasteiger partial charge in [0.1, 0.15) is 0 Å². The quantitative estimate of drug-likeness (QED) is 0.835. The molecule has 0 bridgehead atoms. The molecule has 2 aliphatic carbocycles. The molecule has 1 N–H and O–H groups in total. The summed E-state index contributed by atoms with van der Waals surface area (Å²) in [5.74, 6) is 2.77. The maximum Gasteiger partial charge on any atom is 0.0685 e. The minimum absolute atomic E-state index is 0.279. The van der Waals surface area contributed by atoms with Crippen molar-refractivity contribution in [3.8, 4) is 0 Å². The molecule has 0 amide bonds. The van der Waals surface area contributed by atoms with Crippen LogP contribution in [0.15, 0.2) is 0 Å². The number of ether oxygens (including phenoxy) is 1. The second kappa shape index (κ2) is 6.36. The normalized spacial score (nSPS) is 38.4. The van der Waals surface area contributed by atoms with Crippen molar-refractivity contribution in [2.45, 2.75) is 82.8 Å². The van der Waals surface area contributed by atoms with E-state index >= 15 is 0 Å². The Morgan fingerprint density at radius 1 is 1.15 bits per heavy atom. The standard InChI is InChI=1S/C18H33NO/c1-3-14-6-7-15(12-14)17(19-2)16-8-11-20-18(13-16)9-4-5-10-18/h14-17,19H,3-13H2,1-2H3. The summed E-state index contributed by atoms with van der Waals surface area (Å²) in [5.41, 5.74) is 0.279. The van der Waals surface area contributed by atoms with E-state index in [0.717, 1.165) is 30.4 Å². The zero-order valence-corrected chi connectivity index (χ0v) is 13.5. The van der Waals surface area contributed by atoms with Crippen molar-refractivity contribution in [3.63, 3.8) is 0 Å². The predicted molar refractivity (Wildman–Crippen MR) is 83.8 cm³/mol. The van der Waals surface area contributed by atoms with Crippen molar-refractivity contribution in [2.24, 2.45) is 17.8 Å². The maximum absolute atomic E-state index is 6.23. The van der Waals surface area contributed by atoms with Crippen molar-refractivity contribution in [3.05, 3.63) is 0 Å². The first-order valence-corrected chi connectivity index (χ1v) is 9.07. The van der Waals surface area contributed by atoms with E-state index in [1.54, 1.807) is 0 Å². The highest BCUT2D eigenvalue weighted by Gasteiger charge is 2.43. The van der Waals surface area contributed by atoms with Gasteiger partial charge in [0.15, 0.2) is 0 Å². The summed E-state index contributed by atoms with van der Waals surface area (Å²) < 4.78 is 6.23. The SMILES string of the molecule is CCC1CCC(C(NC)C2CCOC3(CCCC3)C2)C1. The zero-order valence-electron chi connectivity index (χ0n) is 13.5. The molecule has 0 aromatic carbocycles. The first-order valence-electron chi connectivity index (χ1n) is 9.07. The lowest BCUT2D eigenvalue weighted by atomic mass is 9.76. The van der Waals surface area contributed by atoms with Crippen LogP contribution in [0.5, 0.6) is 0 Å². The summed E-state index contributed by atoms with van der Waals surface area (Å²) in [5, 5.41) is 3.71. The van der Waals surface area contributed by atoms with Gasteiger partial charge in [0, 0.05) is 12.6 Å². The van der Waals surface area contributed by atoms with Gasteiger partial charge >= 0.3 is 0 Å². The second-order valence-corrected chi connectivity index (χ2v) is 7.65. The van der Waals surface area contributed by atoms with E-state index in [9.17, 15) is 0 Å². The minimum atomic E-state index is 0.279. The Kier molecular flexibility index (Phi) is 4.72. The van der Waals surface area contributed by atoms with E-state index in [0.29, 0.717) is 0 Å². The molecule has 0 aromatic heterocycles. The van der Waals surface area contributed by atoms with E-state index in [2.05, 4.69) is 19.3 Å². The van der Waals surface area contributed by atoms with Crippen LogP contribution in [0.25, 0.3) is 0 Å². The molecule has 4 unspecified atom stereocenters. The Bertz CT molecular complexity index is 311. The second-order valence-electron chi connectivity index (χ2n) is 7.65. The van der Waals surface area contributed by atoms with Crippen LogP contribution >= 0.6 is 0 Å². The Morgan fingerprint density at radius 3 is 2.60 bits per heavy atom. The third-order valence-corrected chi connectivity index (χ3v) is 6.55. The van der Waals surface area contributed by atoms with Gasteiger partial charge in [-0.3, -0.25) is 0 Å². The van der Waals surface area contributed by atoms with Crippen LogP contribution < -0.4 is 5.32 Å². The molecule has 0 aromatic rings. The van der Waals surface area contributed by atoms with Gasteiger partial charge in [-0.1, -0.05) is 32.6 Å². The summed E-state index contributed by atoms with van der Waals surface area (Å²) in [4.78, 5) is 0. The molecule has 3 rings (SSSR count). The molecule has 3 fully saturated rings. The molecule has 1 aliphatic heterocycles. The van der Waals surface area contributed by atoms with E-state index in [1.807, 2.05) is 0 Å². The Labute approximate surface area is 125 Å². The van der Waals surface area contributed by atoms with Gasteiger partial charge in [-0.2, -0.15) is 0 Å². The van der Waals surface area contributed by atoms with Crippen LogP contribution in [0, 0.1) is 17.8 Å². The van der Waals surface area contributed by atoms with Crippen molar-refractivity contribution >= 4 is 0 Å². The van der Waals surface area contributed by atoms with Crippen LogP contribution in [0.2, 0.25) is 0 Å². The number of hydrogen-bond acceptors (Lipinski definition) is 2. The fraction of sp³-hybridized carbons (Fsp3) is 1.00. The van der Waals surface area contributed by atoms with Gasteiger partial charge in [0.05, 0.1) is 5.60 Å². The maximum atomic E-state index is 6.23. The summed E-state index contributed by atoms with van der Waals surface area (Å²) >= 11 is 0. The molecule has 1 spiro atoms. The fourth-order valence-electron chi connectivity index (χ4n) is 5.41. The molecule has 1 heterocycles. The smallest absolute Gasteiger partial charge is 0.0685 e. The predicted octanol–water partition coefficient (Wildman–Crippen LogP) is 4.14. The van der Waals surface area contributed by atoms with Gasteiger partial charge in [0.25, 0.3) is 0 Å². The Hall–Kier alpha value is -0.0800. The number of rotatable bonds is 4. The van der Waals surface area contributed by atoms with E-state index in [-0.39, 0.29) is 5.60 Å². The van der Waals surface area contributed by atoms with E-state index in [1.165, 1.54) is 64.2 Å². The average molecular weight is 279 g/mol. The Balaban J connectivity index is 1.63. The summed E-state index contributed by atoms with van der Waals surface area (Å²) in [6, 6.07) is 0.743. The van der Waals surface area contributed by atoms with Crippen molar-refractivity contribution in [2.75, 3.05) is 13.7 Å². The summed E-state index contributed by atoms with van der Waals surface area (Å²) in [7, 11) is 2.20. The topological polar surface area (TPSA) is 21.3 Å². The highest BCUT2D eigenvalue weighted by atomic mass is 16.5. The monoisotopic (exact) mass is 279 g/mol. The highest BCUT2D eigenvalue weighted by molar-refractivity contribution is 4.96. The van der Waals surface area contributed by atoms with Crippen LogP contribution in [0.3, 0.4) is 0 Å². The first-order chi connectivity index (χ1) is 9.76. The fourth-order valence-corrected chi connectivity index (χ4v) is 5.41. The number of hydrogen-bond donors (Lipinski definition) is 1. The van der Waals surface area contributed by atoms with E-state index < -0.39 is 0 Å². The van der Waals surface area contributed by atoms with Gasteiger partial charge in [0.2, 0.25) is 0 Å². The number of nitrogens with one attached hydrogen (secondary N) is 1. The molecule has 2 nitrogen and oxygen atoms in total. The highest BCUT2D eigenvalue weighted by Crippen LogP contribution is 2.45. The molecule has 2 saturated carbocycles. The van der Waals surface area contributed by atoms with Gasteiger partial charge in [-0.25, -0.2) is 0 Å². The van der Waals surface area contributed by atoms with Crippen LogP contribution in [0.4, 0.5) is 0 Å². The molecule has 20 heavy (non-hydrogen) atoms. The average Bonchev–Trinajstić information content (AvgIpc) is 3.10. The first kappa shape index (κ1) is 14.8. The lowest BCUT2D eigenvalue weighted by molar-refractivity contribution is -0.100. The van der Waals surface area contributed by atoms with Crippen molar-refractivity contribution in [1.29, 1.82) is 0 Å². The lowest BCUT2D eigenvalue weighted by Gasteiger charge is -2.43. The van der Waals surface area contributed by atoms with E-state index in [4.69, 9.17) is 4.74 Å². The van der Waals surface area contributed by atoms with Crippen molar-refractivity contribution < 1.29 is 4.74 Å². The van der Waals surface area contributed by atoms with Gasteiger partial charge < -0.3 is 10.1 Å². The third kappa shape index (κ3) is 2.92. The molecule has 116 valence electrons. The third-order valence-electron chi connectivity index (χ3n) is 6.55. The molecule has 1 saturated heterocycles. The molecule has 3 aliphatic rings. The minimum Gasteiger partial charge on any atom is -0.375 e. The molecule has 2 heteroatoms. The largest absolute Gasteiger partial charge is 0.375 e. The Morgan fingerprint density at radius 2 is 1.95 bits per heavy atom. The molecular formula is C18H33NO. The molecule has 4 atom stereocenters. The van der Waals surface area contributed by atoms with Crippen LogP contribution in [-0.4, -0.2) is 25.3 Å². The summed E-state index contributed by atoms with van der Waals surface area (Å²) in [6.45, 7) is 3.37. The zero-order chi connectivity index (χ0) is 14.0. The lowest BCUT2D eigenvalue weighted by Crippen LogP contribution is -2.47.